The fourth-order valence-corrected chi connectivity index (χ4v) is 5.61. The molecular weight excluding hydrogens is 398 g/mol. The summed E-state index contributed by atoms with van der Waals surface area (Å²) in [4.78, 5) is 0.135. The Bertz CT molecular complexity index is 794. The first-order valence-corrected chi connectivity index (χ1v) is 11.6. The van der Waals surface area contributed by atoms with E-state index in [-0.39, 0.29) is 4.90 Å². The SMILES string of the molecule is COc1ccc(NC(=S)N[C@H]2CCCC[C@@H]2C)cc1S(=O)(=O)N1CCOCC1. The summed E-state index contributed by atoms with van der Waals surface area (Å²) in [5.74, 6) is 0.887. The first kappa shape index (κ1) is 21.3. The lowest BCUT2D eigenvalue weighted by Gasteiger charge is -2.30. The number of benzene rings is 1. The van der Waals surface area contributed by atoms with Crippen LogP contribution in [0.1, 0.15) is 32.6 Å². The standard InChI is InChI=1S/C19H29N3O4S2/c1-14-5-3-4-6-16(14)21-19(27)20-15-7-8-17(25-2)18(13-15)28(23,24)22-9-11-26-12-10-22/h7-8,13-14,16H,3-6,9-12H2,1-2H3,(H2,20,21,27)/t14-,16-/m0/s1. The van der Waals surface area contributed by atoms with Gasteiger partial charge in [0.1, 0.15) is 10.6 Å². The zero-order valence-corrected chi connectivity index (χ0v) is 18.1. The van der Waals surface area contributed by atoms with E-state index in [9.17, 15) is 8.42 Å². The van der Waals surface area contributed by atoms with E-state index in [1.165, 1.54) is 30.7 Å². The number of nitrogens with zero attached hydrogens (tertiary/aromatic N) is 1. The van der Waals surface area contributed by atoms with Crippen molar-refractivity contribution in [3.63, 3.8) is 0 Å². The van der Waals surface area contributed by atoms with Crippen molar-refractivity contribution in [1.29, 1.82) is 0 Å². The van der Waals surface area contributed by atoms with Crippen LogP contribution < -0.4 is 15.4 Å². The predicted octanol–water partition coefficient (Wildman–Crippen LogP) is 2.58. The van der Waals surface area contributed by atoms with E-state index in [0.717, 1.165) is 6.42 Å². The van der Waals surface area contributed by atoms with Crippen molar-refractivity contribution in [2.75, 3.05) is 38.7 Å². The highest BCUT2D eigenvalue weighted by atomic mass is 32.2. The van der Waals surface area contributed by atoms with Crippen molar-refractivity contribution in [2.45, 2.75) is 43.5 Å². The fourth-order valence-electron chi connectivity index (χ4n) is 3.75. The third-order valence-corrected chi connectivity index (χ3v) is 7.58. The third kappa shape index (κ3) is 4.94. The minimum absolute atomic E-state index is 0.135. The number of thiocarbonyl (C=S) groups is 1. The second-order valence-electron chi connectivity index (χ2n) is 7.35. The molecule has 0 bridgehead atoms. The van der Waals surface area contributed by atoms with Crippen LogP contribution in [0.2, 0.25) is 0 Å². The molecule has 0 radical (unpaired) electrons. The summed E-state index contributed by atoms with van der Waals surface area (Å²) in [6.07, 6.45) is 4.77. The Hall–Kier alpha value is -1.42. The van der Waals surface area contributed by atoms with Crippen molar-refractivity contribution in [2.24, 2.45) is 5.92 Å². The normalized spacial score (nSPS) is 23.8. The fraction of sp³-hybridized carbons (Fsp3) is 0.632. The average Bonchev–Trinajstić information content (AvgIpc) is 2.70. The smallest absolute Gasteiger partial charge is 0.246 e. The van der Waals surface area contributed by atoms with E-state index in [1.54, 1.807) is 18.2 Å². The highest BCUT2D eigenvalue weighted by Crippen LogP contribution is 2.30. The maximum Gasteiger partial charge on any atom is 0.246 e. The van der Waals surface area contributed by atoms with Crippen molar-refractivity contribution in [3.8, 4) is 5.75 Å². The lowest BCUT2D eigenvalue weighted by molar-refractivity contribution is 0.0729. The molecule has 2 fully saturated rings. The summed E-state index contributed by atoms with van der Waals surface area (Å²) in [5.41, 5.74) is 0.619. The van der Waals surface area contributed by atoms with Crippen LogP contribution in [0.4, 0.5) is 5.69 Å². The molecule has 2 N–H and O–H groups in total. The van der Waals surface area contributed by atoms with Gasteiger partial charge in [-0.1, -0.05) is 19.8 Å². The maximum atomic E-state index is 13.1. The van der Waals surface area contributed by atoms with Gasteiger partial charge < -0.3 is 20.1 Å². The molecule has 0 spiro atoms. The molecule has 1 aromatic rings. The van der Waals surface area contributed by atoms with Gasteiger partial charge >= 0.3 is 0 Å². The van der Waals surface area contributed by atoms with Crippen molar-refractivity contribution < 1.29 is 17.9 Å². The topological polar surface area (TPSA) is 79.9 Å². The summed E-state index contributed by atoms with van der Waals surface area (Å²) < 4.78 is 38.2. The van der Waals surface area contributed by atoms with Crippen LogP contribution in [0.15, 0.2) is 23.1 Å². The molecule has 0 aromatic heterocycles. The highest BCUT2D eigenvalue weighted by molar-refractivity contribution is 7.89. The summed E-state index contributed by atoms with van der Waals surface area (Å²) >= 11 is 5.46. The maximum absolute atomic E-state index is 13.1. The number of anilines is 1. The number of morpholine rings is 1. The summed E-state index contributed by atoms with van der Waals surface area (Å²) in [6, 6.07) is 5.36. The Labute approximate surface area is 172 Å². The van der Waals surface area contributed by atoms with Crippen LogP contribution in [0.3, 0.4) is 0 Å². The summed E-state index contributed by atoms with van der Waals surface area (Å²) in [5, 5.41) is 7.03. The average molecular weight is 428 g/mol. The van der Waals surface area contributed by atoms with Crippen LogP contribution in [0.5, 0.6) is 5.75 Å². The molecule has 7 nitrogen and oxygen atoms in total. The molecule has 3 rings (SSSR count). The van der Waals surface area contributed by atoms with Gasteiger partial charge in [-0.15, -0.1) is 0 Å². The molecular formula is C19H29N3O4S2. The molecule has 1 heterocycles. The number of ether oxygens (including phenoxy) is 2. The van der Waals surface area contributed by atoms with Gasteiger partial charge in [-0.05, 0) is 49.2 Å². The Morgan fingerprint density at radius 3 is 2.64 bits per heavy atom. The van der Waals surface area contributed by atoms with Gasteiger partial charge in [0.05, 0.1) is 20.3 Å². The van der Waals surface area contributed by atoms with Crippen LogP contribution in [0.25, 0.3) is 0 Å². The Morgan fingerprint density at radius 2 is 1.96 bits per heavy atom. The van der Waals surface area contributed by atoms with Crippen molar-refractivity contribution in [3.05, 3.63) is 18.2 Å². The van der Waals surface area contributed by atoms with Crippen LogP contribution in [-0.2, 0) is 14.8 Å². The molecule has 2 aliphatic rings. The van der Waals surface area contributed by atoms with Crippen LogP contribution in [0, 0.1) is 5.92 Å². The van der Waals surface area contributed by atoms with Gasteiger partial charge in [-0.2, -0.15) is 4.31 Å². The van der Waals surface area contributed by atoms with Gasteiger partial charge in [0.15, 0.2) is 5.11 Å². The Morgan fingerprint density at radius 1 is 1.25 bits per heavy atom. The van der Waals surface area contributed by atoms with Gasteiger partial charge in [0.2, 0.25) is 10.0 Å². The van der Waals surface area contributed by atoms with Gasteiger partial charge in [-0.3, -0.25) is 0 Å². The number of nitrogens with one attached hydrogen (secondary N) is 2. The van der Waals surface area contributed by atoms with Crippen LogP contribution >= 0.6 is 12.2 Å². The minimum Gasteiger partial charge on any atom is -0.495 e. The van der Waals surface area contributed by atoms with E-state index in [4.69, 9.17) is 21.7 Å². The third-order valence-electron chi connectivity index (χ3n) is 5.44. The molecule has 156 valence electrons. The molecule has 1 aromatic carbocycles. The molecule has 28 heavy (non-hydrogen) atoms. The summed E-state index contributed by atoms with van der Waals surface area (Å²) in [6.45, 7) is 3.70. The second kappa shape index (κ2) is 9.39. The molecule has 0 amide bonds. The molecule has 2 atom stereocenters. The van der Waals surface area contributed by atoms with Crippen LogP contribution in [-0.4, -0.2) is 57.3 Å². The zero-order chi connectivity index (χ0) is 20.1. The zero-order valence-electron chi connectivity index (χ0n) is 16.4. The predicted molar refractivity (Wildman–Crippen MR) is 113 cm³/mol. The molecule has 1 saturated carbocycles. The highest BCUT2D eigenvalue weighted by Gasteiger charge is 2.29. The summed E-state index contributed by atoms with van der Waals surface area (Å²) in [7, 11) is -2.20. The first-order valence-electron chi connectivity index (χ1n) is 9.75. The monoisotopic (exact) mass is 427 g/mol. The van der Waals surface area contributed by atoms with Gasteiger partial charge in [0, 0.05) is 24.8 Å². The Kier molecular flexibility index (Phi) is 7.14. The number of sulfonamides is 1. The quantitative estimate of drug-likeness (QED) is 0.699. The van der Waals surface area contributed by atoms with E-state index in [0.29, 0.717) is 54.8 Å². The van der Waals surface area contributed by atoms with Crippen molar-refractivity contribution >= 4 is 33.0 Å². The molecule has 9 heteroatoms. The lowest BCUT2D eigenvalue weighted by atomic mass is 9.86. The largest absolute Gasteiger partial charge is 0.495 e. The minimum atomic E-state index is -3.67. The number of hydrogen-bond acceptors (Lipinski definition) is 5. The van der Waals surface area contributed by atoms with E-state index in [1.807, 2.05) is 0 Å². The number of hydrogen-bond donors (Lipinski definition) is 2. The molecule has 1 aliphatic carbocycles. The van der Waals surface area contributed by atoms with Crippen molar-refractivity contribution in [1.82, 2.24) is 9.62 Å². The van der Waals surface area contributed by atoms with E-state index < -0.39 is 10.0 Å². The second-order valence-corrected chi connectivity index (χ2v) is 9.66. The number of rotatable bonds is 5. The molecule has 1 aliphatic heterocycles. The van der Waals surface area contributed by atoms with E-state index >= 15 is 0 Å². The number of methoxy groups -OCH3 is 1. The van der Waals surface area contributed by atoms with E-state index in [2.05, 4.69) is 17.6 Å². The Balaban J connectivity index is 1.75. The molecule has 1 saturated heterocycles. The van der Waals surface area contributed by atoms with Gasteiger partial charge in [0.25, 0.3) is 0 Å². The molecule has 0 unspecified atom stereocenters. The first-order chi connectivity index (χ1) is 13.4. The lowest BCUT2D eigenvalue weighted by Crippen LogP contribution is -2.43. The van der Waals surface area contributed by atoms with Gasteiger partial charge in [-0.25, -0.2) is 8.42 Å².